The first-order valence-corrected chi connectivity index (χ1v) is 14.0. The van der Waals surface area contributed by atoms with Crippen LogP contribution in [0.3, 0.4) is 0 Å². The number of rotatable bonds is 10. The van der Waals surface area contributed by atoms with Gasteiger partial charge in [-0.2, -0.15) is 0 Å². The maximum Gasteiger partial charge on any atom is 0.305 e. The molecule has 3 N–H and O–H groups in total. The van der Waals surface area contributed by atoms with Gasteiger partial charge in [0.05, 0.1) is 12.3 Å². The maximum absolute atomic E-state index is 13.6. The number of aliphatic carboxylic acids is 1. The van der Waals surface area contributed by atoms with Gasteiger partial charge in [-0.1, -0.05) is 78.9 Å². The van der Waals surface area contributed by atoms with Gasteiger partial charge in [0.2, 0.25) is 5.91 Å². The Kier molecular flexibility index (Phi) is 10.0. The lowest BCUT2D eigenvalue weighted by atomic mass is 9.83. The Morgan fingerprint density at radius 1 is 0.872 bits per heavy atom. The van der Waals surface area contributed by atoms with Gasteiger partial charge in [0.15, 0.2) is 0 Å². The summed E-state index contributed by atoms with van der Waals surface area (Å²) in [5.74, 6) is -1.41. The van der Waals surface area contributed by atoms with E-state index < -0.39 is 11.9 Å². The third-order valence-corrected chi connectivity index (χ3v) is 7.58. The minimum atomic E-state index is -0.971. The predicted molar refractivity (Wildman–Crippen MR) is 155 cm³/mol. The summed E-state index contributed by atoms with van der Waals surface area (Å²) in [7, 11) is 0. The zero-order chi connectivity index (χ0) is 27.8. The topological polar surface area (TPSA) is 95.5 Å². The number of carbonyl (C=O) groups is 3. The van der Waals surface area contributed by atoms with Crippen LogP contribution < -0.4 is 10.6 Å². The summed E-state index contributed by atoms with van der Waals surface area (Å²) in [6.45, 7) is 0.0581. The van der Waals surface area contributed by atoms with Gasteiger partial charge in [0.25, 0.3) is 5.91 Å². The second-order valence-electron chi connectivity index (χ2n) is 10.0. The molecular weight excluding hydrogens is 535 g/mol. The van der Waals surface area contributed by atoms with Crippen molar-refractivity contribution in [2.45, 2.75) is 56.8 Å². The van der Waals surface area contributed by atoms with Crippen LogP contribution in [-0.4, -0.2) is 29.4 Å². The second kappa shape index (κ2) is 13.6. The van der Waals surface area contributed by atoms with E-state index in [2.05, 4.69) is 22.8 Å². The number of carboxylic acids is 1. The number of amides is 2. The van der Waals surface area contributed by atoms with Crippen molar-refractivity contribution in [1.29, 1.82) is 0 Å². The molecule has 0 spiro atoms. The molecule has 1 unspecified atom stereocenters. The second-order valence-corrected chi connectivity index (χ2v) is 10.9. The Balaban J connectivity index is 1.53. The normalized spacial score (nSPS) is 14.4. The minimum Gasteiger partial charge on any atom is -0.481 e. The van der Waals surface area contributed by atoms with Crippen molar-refractivity contribution in [2.75, 3.05) is 11.9 Å². The molecule has 2 amide bonds. The van der Waals surface area contributed by atoms with Crippen LogP contribution >= 0.6 is 23.2 Å². The van der Waals surface area contributed by atoms with Gasteiger partial charge < -0.3 is 15.7 Å². The Morgan fingerprint density at radius 3 is 2.13 bits per heavy atom. The van der Waals surface area contributed by atoms with Gasteiger partial charge in [-0.3, -0.25) is 14.4 Å². The molecule has 1 aliphatic rings. The van der Waals surface area contributed by atoms with Crippen molar-refractivity contribution < 1.29 is 19.5 Å². The molecule has 0 saturated heterocycles. The van der Waals surface area contributed by atoms with E-state index in [9.17, 15) is 14.4 Å². The van der Waals surface area contributed by atoms with Crippen LogP contribution in [0.5, 0.6) is 0 Å². The highest BCUT2D eigenvalue weighted by Crippen LogP contribution is 2.34. The Labute approximate surface area is 238 Å². The van der Waals surface area contributed by atoms with Gasteiger partial charge in [-0.25, -0.2) is 0 Å². The van der Waals surface area contributed by atoms with Crippen molar-refractivity contribution >= 4 is 46.7 Å². The van der Waals surface area contributed by atoms with Crippen LogP contribution in [0.4, 0.5) is 5.69 Å². The van der Waals surface area contributed by atoms with Gasteiger partial charge in [0.1, 0.15) is 0 Å². The summed E-state index contributed by atoms with van der Waals surface area (Å²) in [5, 5.41) is 15.2. The van der Waals surface area contributed by atoms with Crippen LogP contribution in [0.1, 0.15) is 77.4 Å². The number of hydrogen-bond acceptors (Lipinski definition) is 3. The summed E-state index contributed by atoms with van der Waals surface area (Å²) >= 11 is 12.3. The van der Waals surface area contributed by atoms with E-state index in [4.69, 9.17) is 28.3 Å². The average Bonchev–Trinajstić information content (AvgIpc) is 2.92. The molecule has 1 fully saturated rings. The van der Waals surface area contributed by atoms with E-state index in [0.29, 0.717) is 33.6 Å². The quantitative estimate of drug-likeness (QED) is 0.241. The SMILES string of the molecule is O=C(O)CCNC(=O)c1ccc(CC(C(=O)Nc2cc(Cl)cc(Cl)c2)c2ccc(C3CCCCC3)cc2)cc1. The Hall–Kier alpha value is -3.35. The first-order valence-electron chi connectivity index (χ1n) is 13.2. The van der Waals surface area contributed by atoms with E-state index >= 15 is 0 Å². The van der Waals surface area contributed by atoms with Crippen LogP contribution in [0.25, 0.3) is 0 Å². The monoisotopic (exact) mass is 566 g/mol. The molecule has 0 aromatic heterocycles. The fraction of sp³-hybridized carbons (Fsp3) is 0.323. The average molecular weight is 568 g/mol. The minimum absolute atomic E-state index is 0.0581. The van der Waals surface area contributed by atoms with Gasteiger partial charge >= 0.3 is 5.97 Å². The van der Waals surface area contributed by atoms with Crippen LogP contribution in [0, 0.1) is 0 Å². The van der Waals surface area contributed by atoms with E-state index in [1.807, 2.05) is 24.3 Å². The number of anilines is 1. The lowest BCUT2D eigenvalue weighted by Crippen LogP contribution is -2.26. The smallest absolute Gasteiger partial charge is 0.305 e. The molecule has 0 heterocycles. The van der Waals surface area contributed by atoms with Crippen molar-refractivity contribution in [3.8, 4) is 0 Å². The summed E-state index contributed by atoms with van der Waals surface area (Å²) in [6.07, 6.45) is 6.50. The molecule has 39 heavy (non-hydrogen) atoms. The van der Waals surface area contributed by atoms with Crippen molar-refractivity contribution in [1.82, 2.24) is 5.32 Å². The molecule has 3 aromatic carbocycles. The number of carboxylic acid groups (broad SMARTS) is 1. The van der Waals surface area contributed by atoms with Crippen molar-refractivity contribution in [2.24, 2.45) is 0 Å². The lowest BCUT2D eigenvalue weighted by Gasteiger charge is -2.23. The standard InChI is InChI=1S/C31H32Cl2N2O4/c32-25-17-26(33)19-27(18-25)35-31(39)28(23-12-10-22(11-13-23)21-4-2-1-3-5-21)16-20-6-8-24(9-7-20)30(38)34-15-14-29(36)37/h6-13,17-19,21,28H,1-5,14-16H2,(H,34,38)(H,35,39)(H,36,37). The molecule has 1 aliphatic carbocycles. The molecule has 6 nitrogen and oxygen atoms in total. The lowest BCUT2D eigenvalue weighted by molar-refractivity contribution is -0.136. The van der Waals surface area contributed by atoms with E-state index in [1.54, 1.807) is 30.3 Å². The highest BCUT2D eigenvalue weighted by molar-refractivity contribution is 6.35. The fourth-order valence-electron chi connectivity index (χ4n) is 5.07. The molecule has 1 atom stereocenters. The van der Waals surface area contributed by atoms with E-state index in [0.717, 1.165) is 11.1 Å². The number of carbonyl (C=O) groups excluding carboxylic acids is 2. The van der Waals surface area contributed by atoms with Crippen molar-refractivity contribution in [3.63, 3.8) is 0 Å². The summed E-state index contributed by atoms with van der Waals surface area (Å²) < 4.78 is 0. The molecule has 0 bridgehead atoms. The van der Waals surface area contributed by atoms with Crippen LogP contribution in [-0.2, 0) is 16.0 Å². The van der Waals surface area contributed by atoms with Crippen molar-refractivity contribution in [3.05, 3.63) is 99.0 Å². The van der Waals surface area contributed by atoms with Gasteiger partial charge in [-0.05, 0) is 72.2 Å². The molecule has 0 radical (unpaired) electrons. The van der Waals surface area contributed by atoms with E-state index in [-0.39, 0.29) is 24.8 Å². The largest absolute Gasteiger partial charge is 0.481 e. The van der Waals surface area contributed by atoms with Gasteiger partial charge in [-0.15, -0.1) is 0 Å². The van der Waals surface area contributed by atoms with Crippen LogP contribution in [0.15, 0.2) is 66.7 Å². The Morgan fingerprint density at radius 2 is 1.51 bits per heavy atom. The predicted octanol–water partition coefficient (Wildman–Crippen LogP) is 7.21. The third kappa shape index (κ3) is 8.32. The van der Waals surface area contributed by atoms with Gasteiger partial charge in [0, 0.05) is 27.8 Å². The zero-order valence-corrected chi connectivity index (χ0v) is 23.1. The summed E-state index contributed by atoms with van der Waals surface area (Å²) in [4.78, 5) is 36.6. The number of nitrogens with one attached hydrogen (secondary N) is 2. The number of hydrogen-bond donors (Lipinski definition) is 3. The highest BCUT2D eigenvalue weighted by Gasteiger charge is 2.23. The number of benzene rings is 3. The molecule has 0 aliphatic heterocycles. The zero-order valence-electron chi connectivity index (χ0n) is 21.6. The molecule has 4 rings (SSSR count). The third-order valence-electron chi connectivity index (χ3n) is 7.14. The number of halogens is 2. The highest BCUT2D eigenvalue weighted by atomic mass is 35.5. The molecule has 8 heteroatoms. The Bertz CT molecular complexity index is 1280. The molecular formula is C31H32Cl2N2O4. The first kappa shape index (κ1) is 28.7. The summed E-state index contributed by atoms with van der Waals surface area (Å²) in [5.41, 5.74) is 4.05. The summed E-state index contributed by atoms with van der Waals surface area (Å²) in [6, 6.07) is 20.3. The molecule has 3 aromatic rings. The van der Waals surface area contributed by atoms with E-state index in [1.165, 1.54) is 37.7 Å². The maximum atomic E-state index is 13.6. The van der Waals surface area contributed by atoms with Crippen LogP contribution in [0.2, 0.25) is 10.0 Å². The molecule has 1 saturated carbocycles. The fourth-order valence-corrected chi connectivity index (χ4v) is 5.59. The molecule has 204 valence electrons. The first-order chi connectivity index (χ1) is 18.8.